The first-order valence-electron chi connectivity index (χ1n) is 8.47. The molecule has 0 spiro atoms. The van der Waals surface area contributed by atoms with Gasteiger partial charge < -0.3 is 10.4 Å². The molecule has 0 saturated heterocycles. The van der Waals surface area contributed by atoms with E-state index in [1.807, 2.05) is 0 Å². The van der Waals surface area contributed by atoms with Gasteiger partial charge in [-0.25, -0.2) is 0 Å². The maximum Gasteiger partial charge on any atom is -0.00248 e. The minimum absolute atomic E-state index is 0. The number of unbranched alkanes of at least 4 members (excludes halogenated alkanes) is 8. The zero-order valence-electron chi connectivity index (χ0n) is 14.1. The molecular weight excluding hydrogens is 258 g/mol. The van der Waals surface area contributed by atoms with Crippen LogP contribution in [0.2, 0.25) is 0 Å². The van der Waals surface area contributed by atoms with Gasteiger partial charge in [0.15, 0.2) is 0 Å². The van der Waals surface area contributed by atoms with E-state index in [0.29, 0.717) is 0 Å². The molecule has 1 rings (SSSR count). The summed E-state index contributed by atoms with van der Waals surface area (Å²) in [4.78, 5) is 2.28. The lowest BCUT2D eigenvalue weighted by atomic mass is 10.0. The fourth-order valence-corrected chi connectivity index (χ4v) is 2.64. The Morgan fingerprint density at radius 2 is 1.14 bits per heavy atom. The van der Waals surface area contributed by atoms with Gasteiger partial charge in [0, 0.05) is 0 Å². The monoisotopic (exact) mass is 293 g/mol. The molecule has 0 aliphatic heterocycles. The molecule has 0 heterocycles. The van der Waals surface area contributed by atoms with Crippen LogP contribution in [-0.4, -0.2) is 31.0 Å². The predicted octanol–water partition coefficient (Wildman–Crippen LogP) is 4.48. The minimum Gasteiger partial charge on any atom is -0.412 e. The van der Waals surface area contributed by atoms with Crippen molar-refractivity contribution in [1.82, 2.24) is 4.90 Å². The molecule has 2 heteroatoms. The second-order valence-corrected chi connectivity index (χ2v) is 6.22. The zero-order valence-corrected chi connectivity index (χ0v) is 14.1. The van der Waals surface area contributed by atoms with Gasteiger partial charge in [-0.3, -0.25) is 0 Å². The Bertz CT molecular complexity index is 311. The van der Waals surface area contributed by atoms with E-state index in [-0.39, 0.29) is 5.48 Å². The normalized spacial score (nSPS) is 10.6. The lowest BCUT2D eigenvalue weighted by Gasteiger charge is -2.08. The average Bonchev–Trinajstić information content (AvgIpc) is 2.45. The van der Waals surface area contributed by atoms with Gasteiger partial charge >= 0.3 is 0 Å². The topological polar surface area (TPSA) is 34.7 Å². The van der Waals surface area contributed by atoms with E-state index >= 15 is 0 Å². The van der Waals surface area contributed by atoms with Gasteiger partial charge in [0.1, 0.15) is 0 Å². The average molecular weight is 293 g/mol. The molecule has 0 unspecified atom stereocenters. The fraction of sp³-hybridized carbons (Fsp3) is 0.684. The van der Waals surface area contributed by atoms with Crippen LogP contribution >= 0.6 is 0 Å². The molecule has 0 fully saturated rings. The molecule has 122 valence electrons. The van der Waals surface area contributed by atoms with E-state index in [1.54, 1.807) is 0 Å². The van der Waals surface area contributed by atoms with Crippen LogP contribution in [0.5, 0.6) is 0 Å². The van der Waals surface area contributed by atoms with E-state index in [2.05, 4.69) is 49.3 Å². The summed E-state index contributed by atoms with van der Waals surface area (Å²) in [5.74, 6) is 0. The Morgan fingerprint density at radius 1 is 0.667 bits per heavy atom. The molecule has 1 aromatic carbocycles. The third-order valence-corrected chi connectivity index (χ3v) is 3.91. The van der Waals surface area contributed by atoms with Crippen LogP contribution in [0, 0.1) is 0 Å². The molecule has 0 aliphatic carbocycles. The summed E-state index contributed by atoms with van der Waals surface area (Å²) in [6, 6.07) is 10.9. The van der Waals surface area contributed by atoms with Crippen molar-refractivity contribution in [1.29, 1.82) is 0 Å². The number of aryl methyl sites for hydroxylation is 1. The summed E-state index contributed by atoms with van der Waals surface area (Å²) in [7, 11) is 4.32. The summed E-state index contributed by atoms with van der Waals surface area (Å²) in [6.07, 6.45) is 13.9. The van der Waals surface area contributed by atoms with Crippen molar-refractivity contribution in [2.24, 2.45) is 0 Å². The van der Waals surface area contributed by atoms with E-state index in [9.17, 15) is 0 Å². The van der Waals surface area contributed by atoms with E-state index < -0.39 is 0 Å². The summed E-state index contributed by atoms with van der Waals surface area (Å²) in [5.41, 5.74) is 1.49. The van der Waals surface area contributed by atoms with Crippen molar-refractivity contribution < 1.29 is 5.48 Å². The number of hydrogen-bond acceptors (Lipinski definition) is 1. The number of hydrogen-bond donors (Lipinski definition) is 0. The van der Waals surface area contributed by atoms with Gasteiger partial charge in [0.05, 0.1) is 0 Å². The van der Waals surface area contributed by atoms with Gasteiger partial charge in [0.25, 0.3) is 0 Å². The molecule has 21 heavy (non-hydrogen) atoms. The highest BCUT2D eigenvalue weighted by atomic mass is 16.0. The molecule has 0 aliphatic rings. The Labute approximate surface area is 131 Å². The minimum atomic E-state index is 0. The van der Waals surface area contributed by atoms with Crippen LogP contribution in [0.4, 0.5) is 0 Å². The Hall–Kier alpha value is -0.860. The maximum atomic E-state index is 2.28. The van der Waals surface area contributed by atoms with Crippen molar-refractivity contribution >= 4 is 0 Å². The summed E-state index contributed by atoms with van der Waals surface area (Å²) in [6.45, 7) is 1.25. The lowest BCUT2D eigenvalue weighted by Crippen LogP contribution is -2.12. The SMILES string of the molecule is CN(C)CCCCCCCCCCCc1ccccc1.O. The first-order chi connectivity index (χ1) is 9.79. The zero-order chi connectivity index (χ0) is 14.5. The van der Waals surface area contributed by atoms with Gasteiger partial charge in [-0.15, -0.1) is 0 Å². The van der Waals surface area contributed by atoms with Gasteiger partial charge in [0.2, 0.25) is 0 Å². The van der Waals surface area contributed by atoms with Gasteiger partial charge in [-0.05, 0) is 45.5 Å². The molecule has 0 atom stereocenters. The smallest absolute Gasteiger partial charge is 0.00248 e. The number of nitrogens with zero attached hydrogens (tertiary/aromatic N) is 1. The quantitative estimate of drug-likeness (QED) is 0.523. The van der Waals surface area contributed by atoms with Crippen molar-refractivity contribution in [2.75, 3.05) is 20.6 Å². The summed E-state index contributed by atoms with van der Waals surface area (Å²) in [5, 5.41) is 0. The highest BCUT2D eigenvalue weighted by Crippen LogP contribution is 2.11. The van der Waals surface area contributed by atoms with Crippen LogP contribution in [0.15, 0.2) is 30.3 Å². The Balaban J connectivity index is 0.00000400. The molecule has 0 saturated carbocycles. The number of benzene rings is 1. The highest BCUT2D eigenvalue weighted by Gasteiger charge is 1.95. The largest absolute Gasteiger partial charge is 0.412 e. The third-order valence-electron chi connectivity index (χ3n) is 3.91. The third kappa shape index (κ3) is 12.6. The van der Waals surface area contributed by atoms with Crippen molar-refractivity contribution in [3.63, 3.8) is 0 Å². The second kappa shape index (κ2) is 14.1. The molecule has 1 aromatic rings. The first kappa shape index (κ1) is 20.1. The Kier molecular flexibility index (Phi) is 13.5. The van der Waals surface area contributed by atoms with Crippen LogP contribution in [0.25, 0.3) is 0 Å². The van der Waals surface area contributed by atoms with Crippen molar-refractivity contribution in [3.05, 3.63) is 35.9 Å². The fourth-order valence-electron chi connectivity index (χ4n) is 2.64. The van der Waals surface area contributed by atoms with E-state index in [0.717, 1.165) is 0 Å². The standard InChI is InChI=1S/C19H33N.H2O/c1-20(2)18-14-9-7-5-3-4-6-8-11-15-19-16-12-10-13-17-19;/h10,12-13,16-17H,3-9,11,14-15,18H2,1-2H3;1H2. The highest BCUT2D eigenvalue weighted by molar-refractivity contribution is 5.14. The second-order valence-electron chi connectivity index (χ2n) is 6.22. The summed E-state index contributed by atoms with van der Waals surface area (Å²) < 4.78 is 0. The van der Waals surface area contributed by atoms with Crippen molar-refractivity contribution in [2.45, 2.75) is 64.2 Å². The molecule has 2 nitrogen and oxygen atoms in total. The Morgan fingerprint density at radius 3 is 1.67 bits per heavy atom. The van der Waals surface area contributed by atoms with E-state index in [4.69, 9.17) is 0 Å². The van der Waals surface area contributed by atoms with E-state index in [1.165, 1.54) is 76.3 Å². The predicted molar refractivity (Wildman–Crippen MR) is 93.9 cm³/mol. The number of rotatable bonds is 12. The molecule has 0 amide bonds. The molecular formula is C19H35NO. The summed E-state index contributed by atoms with van der Waals surface area (Å²) >= 11 is 0. The molecule has 0 aromatic heterocycles. The van der Waals surface area contributed by atoms with Crippen LogP contribution in [0.1, 0.15) is 63.4 Å². The van der Waals surface area contributed by atoms with Gasteiger partial charge in [-0.1, -0.05) is 75.3 Å². The molecule has 0 radical (unpaired) electrons. The first-order valence-corrected chi connectivity index (χ1v) is 8.47. The van der Waals surface area contributed by atoms with Gasteiger partial charge in [-0.2, -0.15) is 0 Å². The molecule has 0 bridgehead atoms. The lowest BCUT2D eigenvalue weighted by molar-refractivity contribution is 0.389. The van der Waals surface area contributed by atoms with Crippen LogP contribution in [0.3, 0.4) is 0 Å². The van der Waals surface area contributed by atoms with Crippen LogP contribution in [-0.2, 0) is 6.42 Å². The maximum absolute atomic E-state index is 2.28. The molecule has 2 N–H and O–H groups in total. The van der Waals surface area contributed by atoms with Crippen LogP contribution < -0.4 is 0 Å². The van der Waals surface area contributed by atoms with Crippen molar-refractivity contribution in [3.8, 4) is 0 Å².